The Morgan fingerprint density at radius 3 is 2.08 bits per heavy atom. The van der Waals surface area contributed by atoms with Gasteiger partial charge in [-0.3, -0.25) is 14.4 Å². The van der Waals surface area contributed by atoms with Crippen molar-refractivity contribution in [1.29, 1.82) is 0 Å². The summed E-state index contributed by atoms with van der Waals surface area (Å²) in [5.41, 5.74) is -7.62. The van der Waals surface area contributed by atoms with E-state index in [9.17, 15) is 50.1 Å². The van der Waals surface area contributed by atoms with E-state index in [-0.39, 0.29) is 52.9 Å². The predicted molar refractivity (Wildman–Crippen MR) is 217 cm³/mol. The summed E-state index contributed by atoms with van der Waals surface area (Å²) in [4.78, 5) is 44.3. The number of thioether (sulfide) groups is 1. The van der Waals surface area contributed by atoms with Gasteiger partial charge in [-0.2, -0.15) is 0 Å². The van der Waals surface area contributed by atoms with Gasteiger partial charge in [0.2, 0.25) is 0 Å². The van der Waals surface area contributed by atoms with Gasteiger partial charge in [0.05, 0.1) is 71.7 Å². The average molecular weight is 891 g/mol. The van der Waals surface area contributed by atoms with Crippen LogP contribution < -0.4 is 0 Å². The number of aliphatic hydroxyl groups is 6. The molecular formula is C44H58O17S. The number of carbonyl (C=O) groups is 3. The molecule has 4 saturated heterocycles. The molecule has 17 nitrogen and oxygen atoms in total. The van der Waals surface area contributed by atoms with Crippen LogP contribution in [0.3, 0.4) is 0 Å². The van der Waals surface area contributed by atoms with Crippen molar-refractivity contribution in [3.8, 4) is 5.75 Å². The number of fused-ring (bicyclic) bond motifs is 3. The number of ketones is 3. The van der Waals surface area contributed by atoms with Crippen molar-refractivity contribution >= 4 is 29.1 Å². The molecule has 4 aliphatic heterocycles. The van der Waals surface area contributed by atoms with Crippen molar-refractivity contribution < 1.29 is 83.3 Å². The Balaban J connectivity index is 1.06. The number of Topliss-reactive ketones (excluding diaryl/α,β-unsaturated/α-hetero) is 3. The van der Waals surface area contributed by atoms with Gasteiger partial charge in [-0.05, 0) is 65.9 Å². The molecule has 0 spiro atoms. The molecule has 3 aliphatic carbocycles. The van der Waals surface area contributed by atoms with Crippen molar-refractivity contribution in [1.82, 2.24) is 0 Å². The fraction of sp³-hybridized carbons (Fsp3) is 0.705. The monoisotopic (exact) mass is 890 g/mol. The molecule has 17 atom stereocenters. The number of allylic oxidation sites excluding steroid dienone is 2. The smallest absolute Gasteiger partial charge is 0.198 e. The van der Waals surface area contributed by atoms with Crippen LogP contribution in [0.2, 0.25) is 0 Å². The Labute approximate surface area is 363 Å². The first-order valence-electron chi connectivity index (χ1n) is 21.5. The normalized spacial score (nSPS) is 45.0. The minimum absolute atomic E-state index is 0.0274. The lowest BCUT2D eigenvalue weighted by atomic mass is 9.57. The van der Waals surface area contributed by atoms with Crippen LogP contribution in [-0.4, -0.2) is 156 Å². The van der Waals surface area contributed by atoms with Crippen LogP contribution in [-0.2, 0) is 38.0 Å². The van der Waals surface area contributed by atoms with Crippen LogP contribution >= 0.6 is 11.8 Å². The van der Waals surface area contributed by atoms with Gasteiger partial charge in [0.15, 0.2) is 41.8 Å². The molecule has 4 heterocycles. The Kier molecular flexibility index (Phi) is 12.6. The molecule has 0 radical (unpaired) electrons. The minimum atomic E-state index is -2.50. The van der Waals surface area contributed by atoms with E-state index in [1.54, 1.807) is 27.0 Å². The third-order valence-corrected chi connectivity index (χ3v) is 14.6. The number of hydrogen-bond acceptors (Lipinski definition) is 18. The average Bonchev–Trinajstić information content (AvgIpc) is 3.19. The number of rotatable bonds is 8. The Hall–Kier alpha value is -2.66. The van der Waals surface area contributed by atoms with Gasteiger partial charge >= 0.3 is 0 Å². The summed E-state index contributed by atoms with van der Waals surface area (Å²) >= 11 is 1.02. The van der Waals surface area contributed by atoms with Gasteiger partial charge in [0, 0.05) is 60.1 Å². The van der Waals surface area contributed by atoms with Crippen molar-refractivity contribution in [2.45, 2.75) is 189 Å². The lowest BCUT2D eigenvalue weighted by Gasteiger charge is -2.56. The SMILES string of the molecule is CSC1=CC2=C(C(=O)c3ccc(C4CC(OC5CCC(OC6CC(O)C(O)C(C)O6)C(C)O5)C(O)C(C)O4)c(O)c3C2=O)C2(OC3CCC(O)C(C)O3)C(=O)CC(C)(O)CC12O. The number of hydrogen-bond donors (Lipinski definition) is 7. The van der Waals surface area contributed by atoms with E-state index in [1.807, 2.05) is 6.92 Å². The van der Waals surface area contributed by atoms with Crippen LogP contribution in [0.4, 0.5) is 0 Å². The number of aromatic hydroxyl groups is 1. The molecule has 7 aliphatic rings. The Bertz CT molecular complexity index is 2010. The van der Waals surface area contributed by atoms with Gasteiger partial charge in [-0.1, -0.05) is 6.07 Å². The van der Waals surface area contributed by atoms with Gasteiger partial charge in [0.1, 0.15) is 23.6 Å². The first-order chi connectivity index (χ1) is 29.2. The maximum absolute atomic E-state index is 14.9. The summed E-state index contributed by atoms with van der Waals surface area (Å²) in [5.74, 6) is -3.02. The van der Waals surface area contributed by atoms with E-state index in [0.29, 0.717) is 12.8 Å². The second kappa shape index (κ2) is 17.0. The topological polar surface area (TPSA) is 257 Å². The number of phenols is 1. The third kappa shape index (κ3) is 7.74. The van der Waals surface area contributed by atoms with Crippen LogP contribution in [0, 0.1) is 0 Å². The molecule has 342 valence electrons. The van der Waals surface area contributed by atoms with E-state index in [0.717, 1.165) is 11.8 Å². The quantitative estimate of drug-likeness (QED) is 0.197. The number of benzene rings is 1. The summed E-state index contributed by atoms with van der Waals surface area (Å²) in [5, 5.41) is 77.8. The van der Waals surface area contributed by atoms with E-state index >= 15 is 0 Å². The molecule has 1 aromatic rings. The molecule has 0 aromatic heterocycles. The van der Waals surface area contributed by atoms with E-state index < -0.39 is 144 Å². The lowest BCUT2D eigenvalue weighted by molar-refractivity contribution is -0.306. The highest BCUT2D eigenvalue weighted by Crippen LogP contribution is 2.58. The molecule has 17 unspecified atom stereocenters. The summed E-state index contributed by atoms with van der Waals surface area (Å²) in [6, 6.07) is 2.79. The third-order valence-electron chi connectivity index (χ3n) is 13.7. The number of aliphatic hydroxyl groups excluding tert-OH is 4. The van der Waals surface area contributed by atoms with Gasteiger partial charge in [0.25, 0.3) is 0 Å². The lowest BCUT2D eigenvalue weighted by Crippen LogP contribution is -2.72. The maximum atomic E-state index is 14.9. The maximum Gasteiger partial charge on any atom is 0.198 e. The molecule has 0 bridgehead atoms. The largest absolute Gasteiger partial charge is 0.507 e. The van der Waals surface area contributed by atoms with Crippen LogP contribution in [0.25, 0.3) is 0 Å². The molecule has 1 aromatic carbocycles. The highest BCUT2D eigenvalue weighted by atomic mass is 32.2. The molecule has 8 rings (SSSR count). The summed E-state index contributed by atoms with van der Waals surface area (Å²) < 4.78 is 43.0. The fourth-order valence-electron chi connectivity index (χ4n) is 10.3. The molecule has 62 heavy (non-hydrogen) atoms. The van der Waals surface area contributed by atoms with Crippen molar-refractivity contribution in [3.05, 3.63) is 51.0 Å². The van der Waals surface area contributed by atoms with Crippen LogP contribution in [0.5, 0.6) is 5.75 Å². The Morgan fingerprint density at radius 2 is 1.40 bits per heavy atom. The molecule has 0 amide bonds. The first-order valence-corrected chi connectivity index (χ1v) is 22.7. The first kappa shape index (κ1) is 45.9. The minimum Gasteiger partial charge on any atom is -0.507 e. The number of carbonyl (C=O) groups excluding carboxylic acids is 3. The van der Waals surface area contributed by atoms with E-state index in [1.165, 1.54) is 25.1 Å². The van der Waals surface area contributed by atoms with Gasteiger partial charge < -0.3 is 68.9 Å². The van der Waals surface area contributed by atoms with Crippen LogP contribution in [0.15, 0.2) is 34.3 Å². The fourth-order valence-corrected chi connectivity index (χ4v) is 11.1. The molecule has 1 saturated carbocycles. The van der Waals surface area contributed by atoms with Crippen molar-refractivity contribution in [3.63, 3.8) is 0 Å². The molecule has 7 N–H and O–H groups in total. The molecule has 18 heteroatoms. The van der Waals surface area contributed by atoms with Crippen molar-refractivity contribution in [2.75, 3.05) is 6.26 Å². The highest BCUT2D eigenvalue weighted by Gasteiger charge is 2.71. The highest BCUT2D eigenvalue weighted by molar-refractivity contribution is 8.02. The summed E-state index contributed by atoms with van der Waals surface area (Å²) in [7, 11) is 0. The summed E-state index contributed by atoms with van der Waals surface area (Å²) in [6.45, 7) is 8.15. The molecule has 5 fully saturated rings. The summed E-state index contributed by atoms with van der Waals surface area (Å²) in [6.07, 6.45) is -7.94. The standard InChI is InChI=1S/C44H58O17S/c1-18-25(45)9-11-33(56-18)61-44-30(47)16-42(5,53)17-43(44,54)31(62-6)13-24-36(44)41(52)23-8-7-22(39(50)35(23)40(24)51)28-15-29(38(49)21(4)55-28)60-32-12-10-27(19(2)57-32)59-34-14-26(46)37(48)20(3)58-34/h7-8,13,18-21,25-29,32-34,37-38,45-46,48-50,53-54H,9-12,14-17H2,1-6H3. The second-order valence-corrected chi connectivity index (χ2v) is 19.1. The molecular weight excluding hydrogens is 833 g/mol. The zero-order chi connectivity index (χ0) is 44.8. The number of ether oxygens (including phenoxy) is 7. The Morgan fingerprint density at radius 1 is 0.742 bits per heavy atom. The van der Waals surface area contributed by atoms with Gasteiger partial charge in [-0.15, -0.1) is 11.8 Å². The van der Waals surface area contributed by atoms with E-state index in [4.69, 9.17) is 33.2 Å². The zero-order valence-electron chi connectivity index (χ0n) is 35.6. The predicted octanol–water partition coefficient (Wildman–Crippen LogP) is 2.18. The zero-order valence-corrected chi connectivity index (χ0v) is 36.4. The van der Waals surface area contributed by atoms with Crippen LogP contribution in [0.1, 0.15) is 118 Å². The van der Waals surface area contributed by atoms with Gasteiger partial charge in [-0.25, -0.2) is 0 Å². The van der Waals surface area contributed by atoms with E-state index in [2.05, 4.69) is 0 Å². The number of phenolic OH excluding ortho intramolecular Hbond substituents is 1. The second-order valence-electron chi connectivity index (χ2n) is 18.3. The van der Waals surface area contributed by atoms with Crippen molar-refractivity contribution in [2.24, 2.45) is 0 Å².